The Morgan fingerprint density at radius 1 is 1.50 bits per heavy atom. The molecule has 0 spiro atoms. The van der Waals surface area contributed by atoms with Gasteiger partial charge in [-0.1, -0.05) is 0 Å². The van der Waals surface area contributed by atoms with Crippen LogP contribution in [0.4, 0.5) is 0 Å². The molecule has 0 unspecified atom stereocenters. The van der Waals surface area contributed by atoms with E-state index < -0.39 is 5.97 Å². The molecule has 0 aromatic carbocycles. The molecular weight excluding hydrogens is 160 g/mol. The third kappa shape index (κ3) is 9.18. The van der Waals surface area contributed by atoms with Crippen molar-refractivity contribution < 1.29 is 31.8 Å². The summed E-state index contributed by atoms with van der Waals surface area (Å²) in [6, 6.07) is 0. The zero-order valence-corrected chi connectivity index (χ0v) is 5.21. The van der Waals surface area contributed by atoms with Crippen molar-refractivity contribution in [3.8, 4) is 0 Å². The Bertz CT molecular complexity index is 87.5. The van der Waals surface area contributed by atoms with Crippen LogP contribution in [0.15, 0.2) is 0 Å². The number of rotatable bonds is 2. The Balaban J connectivity index is 0. The van der Waals surface area contributed by atoms with Crippen molar-refractivity contribution in [2.24, 2.45) is 0 Å². The van der Waals surface area contributed by atoms with Crippen LogP contribution in [-0.2, 0) is 26.7 Å². The van der Waals surface area contributed by atoms with Crippen molar-refractivity contribution in [1.82, 2.24) is 0 Å². The summed E-state index contributed by atoms with van der Waals surface area (Å²) in [5.74, 6) is -1.37. The summed E-state index contributed by atoms with van der Waals surface area (Å²) >= 11 is 0. The maximum atomic E-state index is 9.87. The van der Waals surface area contributed by atoms with Gasteiger partial charge in [-0.05, 0) is 6.92 Å². The second kappa shape index (κ2) is 4.81. The molecule has 0 aromatic rings. The van der Waals surface area contributed by atoms with Gasteiger partial charge >= 0.3 is 23.0 Å². The molecule has 0 fully saturated rings. The Kier molecular flexibility index (Phi) is 6.38. The summed E-state index contributed by atoms with van der Waals surface area (Å²) in [6.07, 6.45) is -0.361. The van der Waals surface area contributed by atoms with Gasteiger partial charge in [0.15, 0.2) is 0 Å². The minimum absolute atomic E-state index is 0. The van der Waals surface area contributed by atoms with Gasteiger partial charge in [-0.15, -0.1) is 0 Å². The first-order chi connectivity index (χ1) is 3.13. The molecule has 0 heterocycles. The number of hydrogen-bond acceptors (Lipinski definition) is 2. The third-order valence-corrected chi connectivity index (χ3v) is 0.400. The first kappa shape index (κ1) is 10.6. The van der Waals surface area contributed by atoms with Crippen LogP contribution < -0.4 is 0 Å². The largest absolute Gasteiger partial charge is 2.00 e. The van der Waals surface area contributed by atoms with Crippen molar-refractivity contribution in [3.63, 3.8) is 0 Å². The summed E-state index contributed by atoms with van der Waals surface area (Å²) < 4.78 is 0. The van der Waals surface area contributed by atoms with Gasteiger partial charge in [-0.3, -0.25) is 9.59 Å². The summed E-state index contributed by atoms with van der Waals surface area (Å²) in [4.78, 5) is 19.5. The number of Topliss-reactive ketones (excluding diaryl/α,β-unsaturated/α-hetero) is 1. The van der Waals surface area contributed by atoms with Crippen molar-refractivity contribution in [1.29, 1.82) is 0 Å². The number of carbonyl (C=O) groups excluding carboxylic acids is 1. The SMILES string of the molecule is CC(=O)CC(=O)O.[Cu+2]. The topological polar surface area (TPSA) is 54.4 Å². The van der Waals surface area contributed by atoms with Gasteiger partial charge in [-0.2, -0.15) is 0 Å². The second-order valence-corrected chi connectivity index (χ2v) is 1.27. The van der Waals surface area contributed by atoms with Gasteiger partial charge in [0.05, 0.1) is 0 Å². The predicted molar refractivity (Wildman–Crippen MR) is 22.9 cm³/mol. The van der Waals surface area contributed by atoms with Crippen LogP contribution in [0.2, 0.25) is 0 Å². The number of hydrogen-bond donors (Lipinski definition) is 1. The van der Waals surface area contributed by atoms with Crippen molar-refractivity contribution >= 4 is 11.8 Å². The molecule has 0 aliphatic rings. The quantitative estimate of drug-likeness (QED) is 0.465. The van der Waals surface area contributed by atoms with E-state index in [0.29, 0.717) is 0 Å². The van der Waals surface area contributed by atoms with Crippen LogP contribution in [0.1, 0.15) is 13.3 Å². The smallest absolute Gasteiger partial charge is 0.481 e. The van der Waals surface area contributed by atoms with Gasteiger partial charge < -0.3 is 5.11 Å². The van der Waals surface area contributed by atoms with Crippen molar-refractivity contribution in [2.75, 3.05) is 0 Å². The molecule has 0 saturated heterocycles. The van der Waals surface area contributed by atoms with E-state index in [0.717, 1.165) is 0 Å². The van der Waals surface area contributed by atoms with E-state index in [4.69, 9.17) is 5.11 Å². The number of carboxylic acids is 1. The van der Waals surface area contributed by atoms with E-state index in [2.05, 4.69) is 0 Å². The first-order valence-electron chi connectivity index (χ1n) is 1.84. The molecule has 49 valence electrons. The fraction of sp³-hybridized carbons (Fsp3) is 0.500. The first-order valence-corrected chi connectivity index (χ1v) is 1.84. The van der Waals surface area contributed by atoms with Gasteiger partial charge in [0.2, 0.25) is 0 Å². The molecule has 0 rings (SSSR count). The van der Waals surface area contributed by atoms with Gasteiger partial charge in [0.1, 0.15) is 12.2 Å². The van der Waals surface area contributed by atoms with Crippen LogP contribution in [0, 0.1) is 0 Å². The van der Waals surface area contributed by atoms with E-state index in [1.165, 1.54) is 6.92 Å². The predicted octanol–water partition coefficient (Wildman–Crippen LogP) is 0.0476. The van der Waals surface area contributed by atoms with E-state index in [9.17, 15) is 9.59 Å². The number of aliphatic carboxylic acids is 1. The summed E-state index contributed by atoms with van der Waals surface area (Å²) in [7, 11) is 0. The van der Waals surface area contributed by atoms with Crippen LogP contribution in [0.25, 0.3) is 0 Å². The fourth-order valence-electron chi connectivity index (χ4n) is 0.213. The Morgan fingerprint density at radius 3 is 1.88 bits per heavy atom. The molecule has 0 aliphatic heterocycles. The molecule has 0 bridgehead atoms. The molecule has 4 heteroatoms. The minimum Gasteiger partial charge on any atom is -0.481 e. The number of ketones is 1. The van der Waals surface area contributed by atoms with E-state index in [1.54, 1.807) is 0 Å². The van der Waals surface area contributed by atoms with Gasteiger partial charge in [0, 0.05) is 0 Å². The van der Waals surface area contributed by atoms with E-state index in [-0.39, 0.29) is 29.3 Å². The average Bonchev–Trinajstić information content (AvgIpc) is 1.27. The molecule has 1 N–H and O–H groups in total. The summed E-state index contributed by atoms with van der Waals surface area (Å²) in [5, 5.41) is 7.86. The molecule has 0 atom stereocenters. The molecule has 0 saturated carbocycles. The molecular formula is C4H6CuO3+2. The Labute approximate surface area is 57.5 Å². The molecule has 0 amide bonds. The average molecular weight is 166 g/mol. The van der Waals surface area contributed by atoms with Crippen LogP contribution in [0.5, 0.6) is 0 Å². The van der Waals surface area contributed by atoms with E-state index >= 15 is 0 Å². The van der Waals surface area contributed by atoms with Crippen molar-refractivity contribution in [2.45, 2.75) is 13.3 Å². The zero-order valence-electron chi connectivity index (χ0n) is 4.27. The maximum Gasteiger partial charge on any atom is 2.00 e. The molecule has 3 nitrogen and oxygen atoms in total. The van der Waals surface area contributed by atoms with Crippen molar-refractivity contribution in [3.05, 3.63) is 0 Å². The van der Waals surface area contributed by atoms with Crippen LogP contribution in [0.3, 0.4) is 0 Å². The fourth-order valence-corrected chi connectivity index (χ4v) is 0.213. The second-order valence-electron chi connectivity index (χ2n) is 1.27. The van der Waals surface area contributed by atoms with E-state index in [1.807, 2.05) is 0 Å². The molecule has 8 heavy (non-hydrogen) atoms. The molecule has 0 aromatic heterocycles. The van der Waals surface area contributed by atoms with Gasteiger partial charge in [-0.25, -0.2) is 0 Å². The summed E-state index contributed by atoms with van der Waals surface area (Å²) in [6.45, 7) is 1.24. The maximum absolute atomic E-state index is 9.87. The van der Waals surface area contributed by atoms with Gasteiger partial charge in [0.25, 0.3) is 0 Å². The zero-order chi connectivity index (χ0) is 5.86. The molecule has 0 aliphatic carbocycles. The van der Waals surface area contributed by atoms with Crippen LogP contribution in [-0.4, -0.2) is 16.9 Å². The monoisotopic (exact) mass is 165 g/mol. The molecule has 1 radical (unpaired) electrons. The Hall–Kier alpha value is -0.341. The number of carbonyl (C=O) groups is 2. The third-order valence-electron chi connectivity index (χ3n) is 0.400. The normalized spacial score (nSPS) is 7.12. The standard InChI is InChI=1S/C4H6O3.Cu/c1-3(5)2-4(6)7;/h2H2,1H3,(H,6,7);/q;+2. The van der Waals surface area contributed by atoms with Crippen LogP contribution >= 0.6 is 0 Å². The summed E-state index contributed by atoms with van der Waals surface area (Å²) in [5.41, 5.74) is 0. The Morgan fingerprint density at radius 2 is 1.88 bits per heavy atom. The minimum atomic E-state index is -1.06. The number of carboxylic acid groups (broad SMARTS) is 1.